The highest BCUT2D eigenvalue weighted by atomic mass is 16.1. The average Bonchev–Trinajstić information content (AvgIpc) is 2.40. The van der Waals surface area contributed by atoms with Crippen LogP contribution >= 0.6 is 0 Å². The Morgan fingerprint density at radius 1 is 1.30 bits per heavy atom. The Balaban J connectivity index is 2.35. The molecule has 0 atom stereocenters. The molecule has 1 aromatic carbocycles. The van der Waals surface area contributed by atoms with Gasteiger partial charge in [0.25, 0.3) is 0 Å². The first-order valence-corrected chi connectivity index (χ1v) is 7.43. The summed E-state index contributed by atoms with van der Waals surface area (Å²) in [4.78, 5) is 14.3. The molecular weight excluding hydrogens is 250 g/mol. The molecule has 3 N–H and O–H groups in total. The zero-order valence-corrected chi connectivity index (χ0v) is 12.9. The highest BCUT2D eigenvalue weighted by Crippen LogP contribution is 2.17. The second-order valence-corrected chi connectivity index (χ2v) is 5.37. The Kier molecular flexibility index (Phi) is 7.09. The molecule has 0 spiro atoms. The number of rotatable bonds is 8. The molecule has 0 unspecified atom stereocenters. The Morgan fingerprint density at radius 3 is 2.60 bits per heavy atom. The minimum Gasteiger partial charge on any atom is -0.397 e. The number of carbonyl (C=O) groups is 1. The van der Waals surface area contributed by atoms with Crippen LogP contribution < -0.4 is 11.1 Å². The lowest BCUT2D eigenvalue weighted by Crippen LogP contribution is -2.33. The van der Waals surface area contributed by atoms with Crippen LogP contribution in [0.25, 0.3) is 0 Å². The normalized spacial score (nSPS) is 11.1. The third kappa shape index (κ3) is 5.61. The number of para-hydroxylation sites is 2. The lowest BCUT2D eigenvalue weighted by atomic mass is 10.2. The van der Waals surface area contributed by atoms with Crippen molar-refractivity contribution in [1.29, 1.82) is 0 Å². The molecule has 1 rings (SSSR count). The molecule has 0 saturated carbocycles. The van der Waals surface area contributed by atoms with E-state index in [0.717, 1.165) is 25.9 Å². The number of carbonyl (C=O) groups excluding carboxylic acids is 1. The molecule has 4 heteroatoms. The van der Waals surface area contributed by atoms with Crippen molar-refractivity contribution in [3.8, 4) is 0 Å². The minimum absolute atomic E-state index is 0.0307. The first kappa shape index (κ1) is 16.5. The summed E-state index contributed by atoms with van der Waals surface area (Å²) >= 11 is 0. The van der Waals surface area contributed by atoms with E-state index in [2.05, 4.69) is 31.0 Å². The zero-order chi connectivity index (χ0) is 15.0. The van der Waals surface area contributed by atoms with Gasteiger partial charge in [-0.3, -0.25) is 4.79 Å². The maximum absolute atomic E-state index is 11.9. The van der Waals surface area contributed by atoms with E-state index in [-0.39, 0.29) is 5.91 Å². The molecule has 20 heavy (non-hydrogen) atoms. The van der Waals surface area contributed by atoms with E-state index in [1.165, 1.54) is 0 Å². The monoisotopic (exact) mass is 277 g/mol. The quantitative estimate of drug-likeness (QED) is 0.718. The van der Waals surface area contributed by atoms with E-state index in [0.29, 0.717) is 23.8 Å². The summed E-state index contributed by atoms with van der Waals surface area (Å²) in [5, 5.41) is 2.86. The number of benzene rings is 1. The zero-order valence-electron chi connectivity index (χ0n) is 12.9. The van der Waals surface area contributed by atoms with Gasteiger partial charge in [-0.2, -0.15) is 0 Å². The summed E-state index contributed by atoms with van der Waals surface area (Å²) in [6.07, 6.45) is 2.54. The van der Waals surface area contributed by atoms with Crippen LogP contribution in [0.1, 0.15) is 40.0 Å². The van der Waals surface area contributed by atoms with Gasteiger partial charge in [0, 0.05) is 12.5 Å². The van der Waals surface area contributed by atoms with E-state index >= 15 is 0 Å². The largest absolute Gasteiger partial charge is 0.397 e. The van der Waals surface area contributed by atoms with Crippen LogP contribution in [0, 0.1) is 0 Å². The van der Waals surface area contributed by atoms with E-state index < -0.39 is 0 Å². The van der Waals surface area contributed by atoms with Crippen molar-refractivity contribution in [3.05, 3.63) is 24.3 Å². The molecule has 4 nitrogen and oxygen atoms in total. The van der Waals surface area contributed by atoms with Crippen LogP contribution in [0.3, 0.4) is 0 Å². The van der Waals surface area contributed by atoms with Crippen molar-refractivity contribution < 1.29 is 4.79 Å². The smallest absolute Gasteiger partial charge is 0.224 e. The molecule has 0 heterocycles. The predicted molar refractivity (Wildman–Crippen MR) is 85.7 cm³/mol. The SMILES string of the molecule is CCCN(CCCC(=O)Nc1ccccc1N)C(C)C. The lowest BCUT2D eigenvalue weighted by molar-refractivity contribution is -0.116. The van der Waals surface area contributed by atoms with Crippen molar-refractivity contribution in [1.82, 2.24) is 4.90 Å². The minimum atomic E-state index is 0.0307. The van der Waals surface area contributed by atoms with Crippen LogP contribution in [-0.4, -0.2) is 29.9 Å². The number of hydrogen-bond donors (Lipinski definition) is 2. The molecule has 1 aromatic rings. The Hall–Kier alpha value is -1.55. The Labute approximate surface area is 122 Å². The molecule has 0 aliphatic heterocycles. The van der Waals surface area contributed by atoms with Crippen molar-refractivity contribution in [2.24, 2.45) is 0 Å². The van der Waals surface area contributed by atoms with Crippen LogP contribution in [-0.2, 0) is 4.79 Å². The van der Waals surface area contributed by atoms with Crippen molar-refractivity contribution >= 4 is 17.3 Å². The first-order chi connectivity index (χ1) is 9.54. The van der Waals surface area contributed by atoms with Crippen LogP contribution in [0.5, 0.6) is 0 Å². The molecule has 0 aromatic heterocycles. The lowest BCUT2D eigenvalue weighted by Gasteiger charge is -2.25. The van der Waals surface area contributed by atoms with Crippen molar-refractivity contribution in [2.45, 2.75) is 46.1 Å². The second-order valence-electron chi connectivity index (χ2n) is 5.37. The van der Waals surface area contributed by atoms with Gasteiger partial charge in [-0.15, -0.1) is 0 Å². The van der Waals surface area contributed by atoms with Gasteiger partial charge in [0.1, 0.15) is 0 Å². The van der Waals surface area contributed by atoms with E-state index in [9.17, 15) is 4.79 Å². The number of nitrogens with two attached hydrogens (primary N) is 1. The highest BCUT2D eigenvalue weighted by molar-refractivity contribution is 5.93. The Bertz CT molecular complexity index is 418. The van der Waals surface area contributed by atoms with Crippen molar-refractivity contribution in [3.63, 3.8) is 0 Å². The molecule has 0 bridgehead atoms. The molecule has 0 aliphatic rings. The fourth-order valence-corrected chi connectivity index (χ4v) is 2.18. The standard InChI is InChI=1S/C16H27N3O/c1-4-11-19(13(2)3)12-7-10-16(20)18-15-9-6-5-8-14(15)17/h5-6,8-9,13H,4,7,10-12,17H2,1-3H3,(H,18,20). The topological polar surface area (TPSA) is 58.4 Å². The van der Waals surface area contributed by atoms with Gasteiger partial charge >= 0.3 is 0 Å². The van der Waals surface area contributed by atoms with Gasteiger partial charge in [-0.25, -0.2) is 0 Å². The van der Waals surface area contributed by atoms with Gasteiger partial charge in [-0.1, -0.05) is 19.1 Å². The van der Waals surface area contributed by atoms with E-state index in [1.807, 2.05) is 18.2 Å². The molecule has 0 aliphatic carbocycles. The van der Waals surface area contributed by atoms with E-state index in [4.69, 9.17) is 5.73 Å². The van der Waals surface area contributed by atoms with E-state index in [1.54, 1.807) is 6.07 Å². The maximum atomic E-state index is 11.9. The van der Waals surface area contributed by atoms with Crippen LogP contribution in [0.15, 0.2) is 24.3 Å². The summed E-state index contributed by atoms with van der Waals surface area (Å²) in [5.41, 5.74) is 7.11. The predicted octanol–water partition coefficient (Wildman–Crippen LogP) is 3.11. The number of nitrogen functional groups attached to an aromatic ring is 1. The van der Waals surface area contributed by atoms with Gasteiger partial charge in [0.2, 0.25) is 5.91 Å². The Morgan fingerprint density at radius 2 is 2.00 bits per heavy atom. The van der Waals surface area contributed by atoms with Gasteiger partial charge in [0.15, 0.2) is 0 Å². The van der Waals surface area contributed by atoms with Gasteiger partial charge < -0.3 is 16.0 Å². The number of nitrogens with one attached hydrogen (secondary N) is 1. The second kappa shape index (κ2) is 8.59. The van der Waals surface area contributed by atoms with Crippen LogP contribution in [0.2, 0.25) is 0 Å². The summed E-state index contributed by atoms with van der Waals surface area (Å²) in [5.74, 6) is 0.0307. The molecular formula is C16H27N3O. The number of anilines is 2. The summed E-state index contributed by atoms with van der Waals surface area (Å²) < 4.78 is 0. The number of nitrogens with zero attached hydrogens (tertiary/aromatic N) is 1. The summed E-state index contributed by atoms with van der Waals surface area (Å²) in [7, 11) is 0. The molecule has 0 saturated heterocycles. The fraction of sp³-hybridized carbons (Fsp3) is 0.562. The third-order valence-corrected chi connectivity index (χ3v) is 3.33. The highest BCUT2D eigenvalue weighted by Gasteiger charge is 2.09. The number of hydrogen-bond acceptors (Lipinski definition) is 3. The fourth-order valence-electron chi connectivity index (χ4n) is 2.18. The average molecular weight is 277 g/mol. The van der Waals surface area contributed by atoms with Crippen LogP contribution in [0.4, 0.5) is 11.4 Å². The van der Waals surface area contributed by atoms with Crippen molar-refractivity contribution in [2.75, 3.05) is 24.1 Å². The number of amides is 1. The molecule has 0 radical (unpaired) electrons. The van der Waals surface area contributed by atoms with Gasteiger partial charge in [0.05, 0.1) is 11.4 Å². The first-order valence-electron chi connectivity index (χ1n) is 7.43. The molecule has 0 fully saturated rings. The summed E-state index contributed by atoms with van der Waals surface area (Å²) in [6.45, 7) is 8.62. The summed E-state index contributed by atoms with van der Waals surface area (Å²) in [6, 6.07) is 7.87. The maximum Gasteiger partial charge on any atom is 0.224 e. The molecule has 1 amide bonds. The third-order valence-electron chi connectivity index (χ3n) is 3.33. The van der Waals surface area contributed by atoms with Gasteiger partial charge in [-0.05, 0) is 51.9 Å². The molecule has 112 valence electrons.